The second-order valence-corrected chi connectivity index (χ2v) is 7.48. The van der Waals surface area contributed by atoms with Gasteiger partial charge in [0, 0.05) is 6.07 Å². The fraction of sp³-hybridized carbons (Fsp3) is 0.211. The smallest absolute Gasteiger partial charge is 0.339 e. The maximum Gasteiger partial charge on any atom is 0.339 e. The molecule has 2 aromatic carbocycles. The molecule has 0 aliphatic carbocycles. The highest BCUT2D eigenvalue weighted by atomic mass is 32.2. The molecule has 0 fully saturated rings. The zero-order chi connectivity index (χ0) is 20.4. The van der Waals surface area contributed by atoms with E-state index in [1.54, 1.807) is 26.0 Å². The molecule has 144 valence electrons. The van der Waals surface area contributed by atoms with Crippen molar-refractivity contribution in [3.63, 3.8) is 0 Å². The molecule has 2 N–H and O–H groups in total. The van der Waals surface area contributed by atoms with Crippen molar-refractivity contribution in [2.75, 3.05) is 6.61 Å². The number of phenolic OH excluding ortho intramolecular Hbond substituents is 2. The molecule has 0 heterocycles. The molecular formula is C19H20O7S. The quantitative estimate of drug-likeness (QED) is 0.336. The van der Waals surface area contributed by atoms with Gasteiger partial charge in [0.05, 0.1) is 5.56 Å². The highest BCUT2D eigenvalue weighted by molar-refractivity contribution is 7.87. The largest absolute Gasteiger partial charge is 0.504 e. The van der Waals surface area contributed by atoms with E-state index in [-0.39, 0.29) is 17.1 Å². The zero-order valence-electron chi connectivity index (χ0n) is 15.1. The van der Waals surface area contributed by atoms with Gasteiger partial charge in [0.1, 0.15) is 11.5 Å². The van der Waals surface area contributed by atoms with Crippen LogP contribution >= 0.6 is 0 Å². The lowest BCUT2D eigenvalue weighted by Gasteiger charge is -2.14. The predicted octanol–water partition coefficient (Wildman–Crippen LogP) is 3.13. The summed E-state index contributed by atoms with van der Waals surface area (Å²) in [4.78, 5) is 11.9. The van der Waals surface area contributed by atoms with Gasteiger partial charge < -0.3 is 19.1 Å². The Morgan fingerprint density at radius 3 is 2.26 bits per heavy atom. The number of hydrogen-bond acceptors (Lipinski definition) is 7. The highest BCUT2D eigenvalue weighted by Crippen LogP contribution is 2.39. The summed E-state index contributed by atoms with van der Waals surface area (Å²) in [7, 11) is -4.33. The third-order valence-electron chi connectivity index (χ3n) is 3.68. The van der Waals surface area contributed by atoms with Crippen LogP contribution in [0.25, 0.3) is 0 Å². The summed E-state index contributed by atoms with van der Waals surface area (Å²) in [5.74, 6) is -2.94. The van der Waals surface area contributed by atoms with E-state index in [1.807, 2.05) is 6.92 Å². The summed E-state index contributed by atoms with van der Waals surface area (Å²) in [6, 6.07) is 5.30. The lowest BCUT2D eigenvalue weighted by Crippen LogP contribution is -2.14. The van der Waals surface area contributed by atoms with Crippen LogP contribution in [0.3, 0.4) is 0 Å². The van der Waals surface area contributed by atoms with Gasteiger partial charge in [0.2, 0.25) is 5.75 Å². The van der Waals surface area contributed by atoms with Crippen molar-refractivity contribution in [3.8, 4) is 17.2 Å². The van der Waals surface area contributed by atoms with Gasteiger partial charge in [-0.25, -0.2) is 4.79 Å². The molecule has 7 nitrogen and oxygen atoms in total. The molecule has 8 heteroatoms. The summed E-state index contributed by atoms with van der Waals surface area (Å²) < 4.78 is 35.3. The zero-order valence-corrected chi connectivity index (χ0v) is 16.0. The van der Waals surface area contributed by atoms with E-state index in [4.69, 9.17) is 8.92 Å². The van der Waals surface area contributed by atoms with E-state index in [0.717, 1.165) is 17.7 Å². The first-order chi connectivity index (χ1) is 12.6. The number of aromatic hydroxyl groups is 2. The molecule has 27 heavy (non-hydrogen) atoms. The minimum atomic E-state index is -4.33. The van der Waals surface area contributed by atoms with E-state index < -0.39 is 33.3 Å². The second kappa shape index (κ2) is 7.71. The molecular weight excluding hydrogens is 372 g/mol. The number of benzene rings is 2. The molecule has 0 atom stereocenters. The van der Waals surface area contributed by atoms with Gasteiger partial charge in [-0.1, -0.05) is 30.4 Å². The van der Waals surface area contributed by atoms with Gasteiger partial charge in [-0.15, -0.1) is 0 Å². The Balaban J connectivity index is 2.49. The Hall–Kier alpha value is -3.00. The van der Waals surface area contributed by atoms with E-state index in [0.29, 0.717) is 11.1 Å². The molecule has 0 aliphatic rings. The number of rotatable bonds is 6. The Morgan fingerprint density at radius 2 is 1.70 bits per heavy atom. The molecule has 0 radical (unpaired) electrons. The lowest BCUT2D eigenvalue weighted by atomic mass is 10.1. The number of carbonyl (C=O) groups is 1. The number of esters is 1. The molecule has 2 aromatic rings. The van der Waals surface area contributed by atoms with Crippen LogP contribution in [-0.2, 0) is 14.9 Å². The highest BCUT2D eigenvalue weighted by Gasteiger charge is 2.26. The van der Waals surface area contributed by atoms with Gasteiger partial charge in [0.25, 0.3) is 0 Å². The summed E-state index contributed by atoms with van der Waals surface area (Å²) in [6.45, 7) is 8.41. The number of phenols is 2. The molecule has 0 saturated heterocycles. The topological polar surface area (TPSA) is 110 Å². The standard InChI is InChI=1S/C19H20O7S/c1-5-6-25-19(22)14-9-15(20)17(21)16(10-14)26-27(23,24)18-12(3)7-11(2)8-13(18)4/h5,7-10,20-21H,1,6H2,2-4H3. The van der Waals surface area contributed by atoms with Crippen LogP contribution in [0.15, 0.2) is 41.8 Å². The van der Waals surface area contributed by atoms with Crippen LogP contribution in [0.5, 0.6) is 17.2 Å². The molecule has 0 aromatic heterocycles. The van der Waals surface area contributed by atoms with Crippen LogP contribution in [0.4, 0.5) is 0 Å². The van der Waals surface area contributed by atoms with Crippen LogP contribution in [0.1, 0.15) is 27.0 Å². The van der Waals surface area contributed by atoms with Crippen molar-refractivity contribution >= 4 is 16.1 Å². The lowest BCUT2D eigenvalue weighted by molar-refractivity contribution is 0.0549. The predicted molar refractivity (Wildman–Crippen MR) is 98.7 cm³/mol. The molecule has 2 rings (SSSR count). The first-order valence-electron chi connectivity index (χ1n) is 7.93. The third-order valence-corrected chi connectivity index (χ3v) is 5.22. The molecule has 0 bridgehead atoms. The molecule has 0 aliphatic heterocycles. The average molecular weight is 392 g/mol. The number of ether oxygens (including phenoxy) is 1. The van der Waals surface area contributed by atoms with E-state index in [1.165, 1.54) is 6.08 Å². The molecule has 0 amide bonds. The first kappa shape index (κ1) is 20.3. The molecule has 0 unspecified atom stereocenters. The van der Waals surface area contributed by atoms with Crippen molar-refractivity contribution in [2.24, 2.45) is 0 Å². The summed E-state index contributed by atoms with van der Waals surface area (Å²) in [6.07, 6.45) is 1.35. The Morgan fingerprint density at radius 1 is 1.11 bits per heavy atom. The Kier molecular flexibility index (Phi) is 5.80. The van der Waals surface area contributed by atoms with E-state index in [2.05, 4.69) is 6.58 Å². The van der Waals surface area contributed by atoms with Crippen LogP contribution in [-0.4, -0.2) is 31.2 Å². The number of hydrogen-bond donors (Lipinski definition) is 2. The maximum absolute atomic E-state index is 12.7. The van der Waals surface area contributed by atoms with Gasteiger partial charge in [-0.3, -0.25) is 0 Å². The van der Waals surface area contributed by atoms with Crippen molar-refractivity contribution in [2.45, 2.75) is 25.7 Å². The summed E-state index contributed by atoms with van der Waals surface area (Å²) >= 11 is 0. The normalized spacial score (nSPS) is 11.1. The SMILES string of the molecule is C=CCOC(=O)c1cc(O)c(O)c(OS(=O)(=O)c2c(C)cc(C)cc2C)c1. The fourth-order valence-electron chi connectivity index (χ4n) is 2.71. The minimum Gasteiger partial charge on any atom is -0.504 e. The Labute approximate surface area is 157 Å². The van der Waals surface area contributed by atoms with Crippen molar-refractivity contribution < 1.29 is 32.3 Å². The maximum atomic E-state index is 12.7. The van der Waals surface area contributed by atoms with Gasteiger partial charge in [-0.2, -0.15) is 8.42 Å². The molecule has 0 saturated carbocycles. The van der Waals surface area contributed by atoms with Crippen molar-refractivity contribution in [1.82, 2.24) is 0 Å². The van der Waals surface area contributed by atoms with Gasteiger partial charge >= 0.3 is 16.1 Å². The van der Waals surface area contributed by atoms with E-state index in [9.17, 15) is 23.4 Å². The third kappa shape index (κ3) is 4.40. The van der Waals surface area contributed by atoms with E-state index >= 15 is 0 Å². The van der Waals surface area contributed by atoms with Crippen molar-refractivity contribution in [1.29, 1.82) is 0 Å². The monoisotopic (exact) mass is 392 g/mol. The van der Waals surface area contributed by atoms with Crippen molar-refractivity contribution in [3.05, 3.63) is 59.2 Å². The number of aryl methyl sites for hydroxylation is 3. The van der Waals surface area contributed by atoms with Gasteiger partial charge in [0.15, 0.2) is 11.5 Å². The fourth-order valence-corrected chi connectivity index (χ4v) is 4.07. The Bertz CT molecular complexity index is 984. The van der Waals surface area contributed by atoms with Gasteiger partial charge in [-0.05, 0) is 38.0 Å². The van der Waals surface area contributed by atoms with Crippen LogP contribution in [0, 0.1) is 20.8 Å². The second-order valence-electron chi connectivity index (χ2n) is 5.99. The summed E-state index contributed by atoms with van der Waals surface area (Å²) in [5.41, 5.74) is 1.64. The molecule has 0 spiro atoms. The summed E-state index contributed by atoms with van der Waals surface area (Å²) in [5, 5.41) is 19.8. The van der Waals surface area contributed by atoms with Crippen LogP contribution in [0.2, 0.25) is 0 Å². The minimum absolute atomic E-state index is 0.0494. The van der Waals surface area contributed by atoms with Crippen LogP contribution < -0.4 is 4.18 Å². The number of carbonyl (C=O) groups excluding carboxylic acids is 1. The average Bonchev–Trinajstić information content (AvgIpc) is 2.55. The first-order valence-corrected chi connectivity index (χ1v) is 9.34.